The number of hydrogen-bond donors (Lipinski definition) is 0. The molecule has 0 saturated carbocycles. The monoisotopic (exact) mass is 310 g/mol. The average molecular weight is 310 g/mol. The smallest absolute Gasteiger partial charge is 0.278 e. The van der Waals surface area contributed by atoms with E-state index in [1.54, 1.807) is 0 Å². The number of rotatable bonds is 3. The van der Waals surface area contributed by atoms with Gasteiger partial charge in [0.05, 0.1) is 25.2 Å². The fraction of sp³-hybridized carbons (Fsp3) is 0.353. The van der Waals surface area contributed by atoms with Crippen LogP contribution in [-0.4, -0.2) is 19.7 Å². The SMILES string of the molecule is CC(C)c1noc(-c2ncn3c2CO[C@@H](c2ccccc2)C3)n1. The first-order chi connectivity index (χ1) is 11.2. The molecular formula is C17H18N4O2. The van der Waals surface area contributed by atoms with E-state index in [1.165, 1.54) is 5.56 Å². The molecule has 4 rings (SSSR count). The van der Waals surface area contributed by atoms with Gasteiger partial charge in [-0.2, -0.15) is 4.98 Å². The summed E-state index contributed by atoms with van der Waals surface area (Å²) >= 11 is 0. The van der Waals surface area contributed by atoms with Crippen molar-refractivity contribution in [1.29, 1.82) is 0 Å². The predicted molar refractivity (Wildman–Crippen MR) is 83.6 cm³/mol. The van der Waals surface area contributed by atoms with Gasteiger partial charge in [0.15, 0.2) is 11.5 Å². The Morgan fingerprint density at radius 2 is 2.04 bits per heavy atom. The molecule has 3 heterocycles. The molecule has 1 aromatic carbocycles. The van der Waals surface area contributed by atoms with Crippen molar-refractivity contribution in [2.75, 3.05) is 0 Å². The van der Waals surface area contributed by atoms with Crippen molar-refractivity contribution in [2.45, 2.75) is 39.0 Å². The van der Waals surface area contributed by atoms with Gasteiger partial charge in [-0.3, -0.25) is 0 Å². The number of aromatic nitrogens is 4. The zero-order chi connectivity index (χ0) is 15.8. The number of ether oxygens (including phenoxy) is 1. The van der Waals surface area contributed by atoms with Crippen molar-refractivity contribution >= 4 is 0 Å². The second-order valence-electron chi connectivity index (χ2n) is 6.01. The van der Waals surface area contributed by atoms with E-state index in [4.69, 9.17) is 9.26 Å². The molecule has 3 aromatic rings. The average Bonchev–Trinajstić information content (AvgIpc) is 3.21. The Morgan fingerprint density at radius 3 is 2.78 bits per heavy atom. The van der Waals surface area contributed by atoms with Gasteiger partial charge in [-0.25, -0.2) is 4.98 Å². The summed E-state index contributed by atoms with van der Waals surface area (Å²) in [5.41, 5.74) is 2.88. The van der Waals surface area contributed by atoms with Gasteiger partial charge in [-0.15, -0.1) is 0 Å². The molecule has 1 atom stereocenters. The first-order valence-electron chi connectivity index (χ1n) is 7.77. The lowest BCUT2D eigenvalue weighted by Gasteiger charge is -2.25. The molecule has 0 amide bonds. The third-order valence-corrected chi connectivity index (χ3v) is 4.06. The maximum Gasteiger partial charge on any atom is 0.278 e. The van der Waals surface area contributed by atoms with E-state index in [9.17, 15) is 0 Å². The minimum absolute atomic E-state index is 0.0414. The molecule has 0 spiro atoms. The molecule has 0 N–H and O–H groups in total. The summed E-state index contributed by atoms with van der Waals surface area (Å²) in [6.07, 6.45) is 1.86. The van der Waals surface area contributed by atoms with E-state index in [1.807, 2.05) is 38.4 Å². The number of hydrogen-bond acceptors (Lipinski definition) is 5. The van der Waals surface area contributed by atoms with Crippen molar-refractivity contribution in [1.82, 2.24) is 19.7 Å². The quantitative estimate of drug-likeness (QED) is 0.742. The molecule has 23 heavy (non-hydrogen) atoms. The van der Waals surface area contributed by atoms with E-state index in [-0.39, 0.29) is 12.0 Å². The summed E-state index contributed by atoms with van der Waals surface area (Å²) in [4.78, 5) is 8.88. The summed E-state index contributed by atoms with van der Waals surface area (Å²) in [6, 6.07) is 10.2. The molecule has 0 unspecified atom stereocenters. The Bertz CT molecular complexity index is 807. The van der Waals surface area contributed by atoms with Gasteiger partial charge in [0.2, 0.25) is 0 Å². The minimum atomic E-state index is 0.0414. The van der Waals surface area contributed by atoms with Gasteiger partial charge in [0.1, 0.15) is 6.10 Å². The van der Waals surface area contributed by atoms with Crippen molar-refractivity contribution < 1.29 is 9.26 Å². The van der Waals surface area contributed by atoms with Crippen LogP contribution in [0.5, 0.6) is 0 Å². The molecule has 0 saturated heterocycles. The Labute approximate surface area is 134 Å². The molecule has 0 aliphatic carbocycles. The van der Waals surface area contributed by atoms with Crippen LogP contribution in [0, 0.1) is 0 Å². The van der Waals surface area contributed by atoms with E-state index in [0.29, 0.717) is 18.3 Å². The highest BCUT2D eigenvalue weighted by Crippen LogP contribution is 2.31. The maximum atomic E-state index is 6.01. The first kappa shape index (κ1) is 14.1. The zero-order valence-electron chi connectivity index (χ0n) is 13.1. The summed E-state index contributed by atoms with van der Waals surface area (Å²) in [6.45, 7) is 5.28. The summed E-state index contributed by atoms with van der Waals surface area (Å²) < 4.78 is 13.5. The topological polar surface area (TPSA) is 66.0 Å². The van der Waals surface area contributed by atoms with E-state index in [0.717, 1.165) is 17.9 Å². The normalized spacial score (nSPS) is 17.4. The van der Waals surface area contributed by atoms with Crippen LogP contribution < -0.4 is 0 Å². The van der Waals surface area contributed by atoms with Crippen LogP contribution in [-0.2, 0) is 17.9 Å². The van der Waals surface area contributed by atoms with Crippen LogP contribution in [0.15, 0.2) is 41.2 Å². The summed E-state index contributed by atoms with van der Waals surface area (Å²) in [5.74, 6) is 1.38. The van der Waals surface area contributed by atoms with Crippen LogP contribution in [0.1, 0.15) is 43.0 Å². The molecule has 1 aliphatic heterocycles. The highest BCUT2D eigenvalue weighted by Gasteiger charge is 2.26. The van der Waals surface area contributed by atoms with Gasteiger partial charge in [-0.1, -0.05) is 49.3 Å². The number of imidazole rings is 1. The van der Waals surface area contributed by atoms with Crippen LogP contribution in [0.2, 0.25) is 0 Å². The molecule has 0 radical (unpaired) electrons. The highest BCUT2D eigenvalue weighted by atomic mass is 16.5. The lowest BCUT2D eigenvalue weighted by atomic mass is 10.1. The van der Waals surface area contributed by atoms with Crippen LogP contribution >= 0.6 is 0 Å². The Morgan fingerprint density at radius 1 is 1.22 bits per heavy atom. The van der Waals surface area contributed by atoms with Gasteiger partial charge in [0.25, 0.3) is 5.89 Å². The second kappa shape index (κ2) is 5.62. The van der Waals surface area contributed by atoms with Crippen molar-refractivity contribution in [3.05, 3.63) is 53.7 Å². The molecule has 0 bridgehead atoms. The predicted octanol–water partition coefficient (Wildman–Crippen LogP) is 3.33. The first-order valence-corrected chi connectivity index (χ1v) is 7.77. The molecule has 2 aromatic heterocycles. The zero-order valence-corrected chi connectivity index (χ0v) is 13.1. The number of fused-ring (bicyclic) bond motifs is 1. The Kier molecular flexibility index (Phi) is 3.46. The third kappa shape index (κ3) is 2.55. The molecule has 118 valence electrons. The van der Waals surface area contributed by atoms with E-state index >= 15 is 0 Å². The molecule has 6 nitrogen and oxygen atoms in total. The van der Waals surface area contributed by atoms with Gasteiger partial charge >= 0.3 is 0 Å². The second-order valence-corrected chi connectivity index (χ2v) is 6.01. The van der Waals surface area contributed by atoms with Crippen LogP contribution in [0.3, 0.4) is 0 Å². The van der Waals surface area contributed by atoms with Gasteiger partial charge < -0.3 is 13.8 Å². The maximum absolute atomic E-state index is 6.01. The molecule has 6 heteroatoms. The lowest BCUT2D eigenvalue weighted by Crippen LogP contribution is -2.20. The van der Waals surface area contributed by atoms with E-state index < -0.39 is 0 Å². The van der Waals surface area contributed by atoms with Crippen molar-refractivity contribution in [2.24, 2.45) is 0 Å². The molecular weight excluding hydrogens is 292 g/mol. The Hall–Kier alpha value is -2.47. The Balaban J connectivity index is 1.62. The van der Waals surface area contributed by atoms with Crippen molar-refractivity contribution in [3.63, 3.8) is 0 Å². The number of nitrogens with zero attached hydrogens (tertiary/aromatic N) is 4. The fourth-order valence-electron chi connectivity index (χ4n) is 2.74. The van der Waals surface area contributed by atoms with Crippen LogP contribution in [0.25, 0.3) is 11.6 Å². The fourth-order valence-corrected chi connectivity index (χ4v) is 2.74. The van der Waals surface area contributed by atoms with E-state index in [2.05, 4.69) is 31.8 Å². The summed E-state index contributed by atoms with van der Waals surface area (Å²) in [7, 11) is 0. The molecule has 0 fully saturated rings. The largest absolute Gasteiger partial charge is 0.365 e. The standard InChI is InChI=1S/C17H18N4O2/c1-11(2)16-19-17(23-20-16)15-13-9-22-14(8-21(13)10-18-15)12-6-4-3-5-7-12/h3-7,10-11,14H,8-9H2,1-2H3/t14-/m1/s1. The lowest BCUT2D eigenvalue weighted by molar-refractivity contribution is 0.00330. The minimum Gasteiger partial charge on any atom is -0.365 e. The molecule has 1 aliphatic rings. The van der Waals surface area contributed by atoms with Crippen molar-refractivity contribution in [3.8, 4) is 11.6 Å². The third-order valence-electron chi connectivity index (χ3n) is 4.06. The van der Waals surface area contributed by atoms with Gasteiger partial charge in [0, 0.05) is 5.92 Å². The summed E-state index contributed by atoms with van der Waals surface area (Å²) in [5, 5.41) is 4.01. The highest BCUT2D eigenvalue weighted by molar-refractivity contribution is 5.51. The van der Waals surface area contributed by atoms with Gasteiger partial charge in [-0.05, 0) is 5.56 Å². The number of benzene rings is 1. The van der Waals surface area contributed by atoms with Crippen LogP contribution in [0.4, 0.5) is 0 Å².